The van der Waals surface area contributed by atoms with Gasteiger partial charge in [-0.3, -0.25) is 28.8 Å². The van der Waals surface area contributed by atoms with Crippen LogP contribution < -0.4 is 0 Å². The number of aliphatic hydroxyl groups is 1. The first kappa shape index (κ1) is 35.3. The molecule has 14 nitrogen and oxygen atoms in total. The molecule has 256 valence electrons. The minimum absolute atomic E-state index is 0.0485. The van der Waals surface area contributed by atoms with Crippen molar-refractivity contribution in [1.82, 2.24) is 0 Å². The van der Waals surface area contributed by atoms with Gasteiger partial charge in [-0.2, -0.15) is 0 Å². The molecular formula is C32H44O14. The molecule has 10 atom stereocenters. The van der Waals surface area contributed by atoms with E-state index < -0.39 is 100 Å². The van der Waals surface area contributed by atoms with Gasteiger partial charge in [-0.1, -0.05) is 20.8 Å². The van der Waals surface area contributed by atoms with E-state index in [0.29, 0.717) is 5.57 Å². The lowest BCUT2D eigenvalue weighted by Crippen LogP contribution is -2.82. The van der Waals surface area contributed by atoms with Gasteiger partial charge in [0.2, 0.25) is 0 Å². The zero-order valence-corrected chi connectivity index (χ0v) is 27.9. The van der Waals surface area contributed by atoms with Gasteiger partial charge in [0.05, 0.1) is 17.9 Å². The van der Waals surface area contributed by atoms with Gasteiger partial charge < -0.3 is 38.3 Å². The number of hydrogen-bond acceptors (Lipinski definition) is 14. The molecule has 14 heteroatoms. The zero-order valence-electron chi connectivity index (χ0n) is 27.9. The number of fused-ring (bicyclic) bond motifs is 5. The number of rotatable bonds is 6. The topological polar surface area (TPSA) is 187 Å². The Bertz CT molecular complexity index is 1370. The third-order valence-corrected chi connectivity index (χ3v) is 10.3. The zero-order chi connectivity index (χ0) is 34.7. The highest BCUT2D eigenvalue weighted by Gasteiger charge is 2.79. The van der Waals surface area contributed by atoms with Crippen molar-refractivity contribution < 1.29 is 67.0 Å². The van der Waals surface area contributed by atoms with Gasteiger partial charge in [-0.15, -0.1) is 0 Å². The van der Waals surface area contributed by atoms with E-state index in [1.807, 2.05) is 0 Å². The van der Waals surface area contributed by atoms with Gasteiger partial charge in [0.25, 0.3) is 0 Å². The summed E-state index contributed by atoms with van der Waals surface area (Å²) in [5.41, 5.74) is -6.19. The van der Waals surface area contributed by atoms with E-state index >= 15 is 0 Å². The molecule has 0 aromatic heterocycles. The Labute approximate surface area is 267 Å². The Morgan fingerprint density at radius 3 is 1.72 bits per heavy atom. The van der Waals surface area contributed by atoms with E-state index in [1.165, 1.54) is 20.8 Å². The molecule has 1 aliphatic heterocycles. The van der Waals surface area contributed by atoms with Gasteiger partial charge in [0, 0.05) is 59.8 Å². The van der Waals surface area contributed by atoms with Crippen LogP contribution in [0.3, 0.4) is 0 Å². The van der Waals surface area contributed by atoms with E-state index in [-0.39, 0.29) is 25.0 Å². The number of hydrogen-bond donors (Lipinski definition) is 1. The highest BCUT2D eigenvalue weighted by molar-refractivity contribution is 5.70. The van der Waals surface area contributed by atoms with Crippen LogP contribution in [0.15, 0.2) is 11.1 Å². The second kappa shape index (κ2) is 11.9. The quantitative estimate of drug-likeness (QED) is 0.249. The van der Waals surface area contributed by atoms with Crippen molar-refractivity contribution >= 4 is 35.8 Å². The van der Waals surface area contributed by atoms with E-state index in [1.54, 1.807) is 27.7 Å². The average molecular weight is 653 g/mol. The summed E-state index contributed by atoms with van der Waals surface area (Å²) in [6, 6.07) is 0. The molecule has 0 aromatic carbocycles. The lowest BCUT2D eigenvalue weighted by molar-refractivity contribution is -0.366. The fraction of sp³-hybridized carbons (Fsp3) is 0.750. The summed E-state index contributed by atoms with van der Waals surface area (Å²) in [5.74, 6) is -5.77. The summed E-state index contributed by atoms with van der Waals surface area (Å²) >= 11 is 0. The summed E-state index contributed by atoms with van der Waals surface area (Å²) in [6.45, 7) is 13.4. The second-order valence-corrected chi connectivity index (χ2v) is 13.6. The number of ether oxygens (including phenoxy) is 7. The van der Waals surface area contributed by atoms with Crippen molar-refractivity contribution in [3.8, 4) is 0 Å². The van der Waals surface area contributed by atoms with Crippen molar-refractivity contribution in [2.75, 3.05) is 6.61 Å². The van der Waals surface area contributed by atoms with Crippen LogP contribution in [-0.4, -0.2) is 95.4 Å². The highest BCUT2D eigenvalue weighted by Crippen LogP contribution is 2.66. The van der Waals surface area contributed by atoms with Gasteiger partial charge in [-0.05, 0) is 18.1 Å². The van der Waals surface area contributed by atoms with E-state index in [0.717, 1.165) is 20.8 Å². The summed E-state index contributed by atoms with van der Waals surface area (Å²) in [6.07, 6.45) is -8.02. The fourth-order valence-corrected chi connectivity index (χ4v) is 8.58. The van der Waals surface area contributed by atoms with Crippen LogP contribution in [0.4, 0.5) is 0 Å². The monoisotopic (exact) mass is 652 g/mol. The molecule has 2 saturated carbocycles. The van der Waals surface area contributed by atoms with E-state index in [4.69, 9.17) is 33.2 Å². The molecule has 1 N–H and O–H groups in total. The van der Waals surface area contributed by atoms with Crippen LogP contribution in [-0.2, 0) is 61.9 Å². The van der Waals surface area contributed by atoms with Gasteiger partial charge in [-0.25, -0.2) is 0 Å². The first-order valence-electron chi connectivity index (χ1n) is 15.2. The molecule has 46 heavy (non-hydrogen) atoms. The Morgan fingerprint density at radius 2 is 1.26 bits per heavy atom. The normalized spacial score (nSPS) is 39.1. The summed E-state index contributed by atoms with van der Waals surface area (Å²) < 4.78 is 41.6. The minimum atomic E-state index is -2.12. The fourth-order valence-electron chi connectivity index (χ4n) is 8.58. The van der Waals surface area contributed by atoms with Crippen molar-refractivity contribution in [3.05, 3.63) is 11.1 Å². The van der Waals surface area contributed by atoms with Crippen LogP contribution in [0.5, 0.6) is 0 Å². The molecule has 1 saturated heterocycles. The smallest absolute Gasteiger partial charge is 0.303 e. The second-order valence-electron chi connectivity index (χ2n) is 13.6. The first-order chi connectivity index (χ1) is 21.1. The molecule has 0 amide bonds. The first-order valence-corrected chi connectivity index (χ1v) is 15.2. The van der Waals surface area contributed by atoms with Crippen molar-refractivity contribution in [1.29, 1.82) is 0 Å². The molecule has 6 unspecified atom stereocenters. The highest BCUT2D eigenvalue weighted by atomic mass is 16.6. The predicted octanol–water partition coefficient (Wildman–Crippen LogP) is 1.86. The maximum atomic E-state index is 13.1. The average Bonchev–Trinajstić information content (AvgIpc) is 2.87. The summed E-state index contributed by atoms with van der Waals surface area (Å²) in [4.78, 5) is 76.5. The van der Waals surface area contributed by atoms with Gasteiger partial charge in [0.15, 0.2) is 17.8 Å². The molecule has 0 radical (unpaired) electrons. The van der Waals surface area contributed by atoms with Crippen LogP contribution in [0, 0.1) is 16.7 Å². The molecule has 0 spiro atoms. The largest absolute Gasteiger partial charge is 0.462 e. The number of esters is 6. The Balaban J connectivity index is 2.23. The van der Waals surface area contributed by atoms with Crippen LogP contribution in [0.2, 0.25) is 0 Å². The lowest BCUT2D eigenvalue weighted by Gasteiger charge is -2.69. The van der Waals surface area contributed by atoms with Gasteiger partial charge in [0.1, 0.15) is 30.0 Å². The van der Waals surface area contributed by atoms with E-state index in [9.17, 15) is 33.9 Å². The maximum absolute atomic E-state index is 13.1. The Kier molecular flexibility index (Phi) is 9.16. The van der Waals surface area contributed by atoms with Gasteiger partial charge >= 0.3 is 35.8 Å². The third kappa shape index (κ3) is 5.46. The summed E-state index contributed by atoms with van der Waals surface area (Å²) in [7, 11) is 0. The Morgan fingerprint density at radius 1 is 0.739 bits per heavy atom. The van der Waals surface area contributed by atoms with Crippen LogP contribution in [0.25, 0.3) is 0 Å². The number of carbonyl (C=O) groups excluding carboxylic acids is 6. The predicted molar refractivity (Wildman–Crippen MR) is 154 cm³/mol. The van der Waals surface area contributed by atoms with Crippen molar-refractivity contribution in [3.63, 3.8) is 0 Å². The molecule has 4 rings (SSSR count). The van der Waals surface area contributed by atoms with E-state index in [2.05, 4.69) is 0 Å². The lowest BCUT2D eigenvalue weighted by atomic mass is 9.44. The number of carbonyl (C=O) groups is 6. The SMILES string of the molecule is CC(=O)OC1C[C@@]2(O)C(OC(C)=O)[C@@H]3[C@@](C)(C(OC(C)=O)CC4OC[C@]43OC(C)=O)C(OC(C)=O)C(OC(C)=O)C(=C1C)C2(C)C. The maximum Gasteiger partial charge on any atom is 0.303 e. The van der Waals surface area contributed by atoms with Crippen molar-refractivity contribution in [2.24, 2.45) is 16.7 Å². The third-order valence-electron chi connectivity index (χ3n) is 10.3. The standard InChI is InChI=1S/C32H44O14/c1-14-21(41-15(2)33)12-32(39)28(45-19(6)37)26-30(10,22(42-16(3)34)11-23-31(26,13-40-23)46-20(7)38)27(44-18(5)36)25(43-17(4)35)24(14)29(32,8)9/h21-23,25-28,39H,11-13H2,1-10H3/t21?,22?,23?,25?,26-,27?,28?,30-,31+,32-/m1/s1. The molecular weight excluding hydrogens is 608 g/mol. The minimum Gasteiger partial charge on any atom is -0.462 e. The molecule has 0 aromatic rings. The molecule has 3 fully saturated rings. The Hall–Kier alpha value is -3.52. The molecule has 1 heterocycles. The molecule has 2 bridgehead atoms. The summed E-state index contributed by atoms with van der Waals surface area (Å²) in [5, 5.41) is 13.1. The van der Waals surface area contributed by atoms with Crippen LogP contribution >= 0.6 is 0 Å². The van der Waals surface area contributed by atoms with Crippen molar-refractivity contribution in [2.45, 2.75) is 130 Å². The molecule has 4 aliphatic rings. The molecule has 3 aliphatic carbocycles. The van der Waals surface area contributed by atoms with Crippen LogP contribution in [0.1, 0.15) is 82.1 Å².